The third-order valence-corrected chi connectivity index (χ3v) is 3.95. The molecule has 0 spiro atoms. The average Bonchev–Trinajstić information content (AvgIpc) is 2.59. The van der Waals surface area contributed by atoms with Crippen LogP contribution in [0.5, 0.6) is 0 Å². The molecule has 3 rings (SSSR count). The molecular formula is C19H20N4O. The number of amides is 1. The fourth-order valence-corrected chi connectivity index (χ4v) is 2.95. The molecule has 5 heteroatoms. The highest BCUT2D eigenvalue weighted by Crippen LogP contribution is 2.28. The van der Waals surface area contributed by atoms with Crippen LogP contribution in [-0.4, -0.2) is 23.9 Å². The first kappa shape index (κ1) is 15.9. The molecule has 0 aliphatic carbocycles. The zero-order chi connectivity index (χ0) is 17.1. The highest BCUT2D eigenvalue weighted by atomic mass is 16.1. The van der Waals surface area contributed by atoms with Crippen LogP contribution in [0.25, 0.3) is 0 Å². The number of carbonyl (C=O) groups excluding carboxylic acids is 1. The van der Waals surface area contributed by atoms with E-state index in [-0.39, 0.29) is 6.04 Å². The summed E-state index contributed by atoms with van der Waals surface area (Å²) < 4.78 is 0. The van der Waals surface area contributed by atoms with E-state index in [0.717, 1.165) is 34.5 Å². The van der Waals surface area contributed by atoms with Crippen molar-refractivity contribution in [3.8, 4) is 0 Å². The summed E-state index contributed by atoms with van der Waals surface area (Å²) in [5.41, 5.74) is 4.92. The Labute approximate surface area is 141 Å². The Morgan fingerprint density at radius 1 is 1.04 bits per heavy atom. The summed E-state index contributed by atoms with van der Waals surface area (Å²) in [5.74, 6) is 5.75. The van der Waals surface area contributed by atoms with Crippen molar-refractivity contribution in [1.29, 1.82) is 0 Å². The molecule has 0 bridgehead atoms. The predicted octanol–water partition coefficient (Wildman–Crippen LogP) is 2.72. The van der Waals surface area contributed by atoms with Gasteiger partial charge in [-0.2, -0.15) is 5.10 Å². The van der Waals surface area contributed by atoms with Gasteiger partial charge in [0.1, 0.15) is 5.71 Å². The molecule has 1 aliphatic rings. The summed E-state index contributed by atoms with van der Waals surface area (Å²) >= 11 is 0. The Morgan fingerprint density at radius 2 is 1.71 bits per heavy atom. The number of fused-ring (bicyclic) bond motifs is 2. The number of aliphatic imine (C=N–C) groups is 1. The maximum absolute atomic E-state index is 11.7. The van der Waals surface area contributed by atoms with Crippen molar-refractivity contribution in [3.63, 3.8) is 0 Å². The van der Waals surface area contributed by atoms with Gasteiger partial charge in [-0.3, -0.25) is 9.79 Å². The van der Waals surface area contributed by atoms with Crippen LogP contribution in [-0.2, 0) is 11.3 Å². The number of para-hydroxylation sites is 1. The van der Waals surface area contributed by atoms with Crippen molar-refractivity contribution in [2.24, 2.45) is 15.9 Å². The maximum Gasteiger partial charge on any atom is 0.214 e. The van der Waals surface area contributed by atoms with Crippen LogP contribution in [0.1, 0.15) is 30.5 Å². The van der Waals surface area contributed by atoms with Crippen LogP contribution in [0.15, 0.2) is 58.6 Å². The van der Waals surface area contributed by atoms with Crippen molar-refractivity contribution in [2.45, 2.75) is 26.4 Å². The van der Waals surface area contributed by atoms with E-state index in [4.69, 9.17) is 10.8 Å². The molecular weight excluding hydrogens is 300 g/mol. The summed E-state index contributed by atoms with van der Waals surface area (Å²) in [5, 5.41) is 4.04. The number of hydrogen-bond donors (Lipinski definition) is 1. The fraction of sp³-hybridized carbons (Fsp3) is 0.211. The molecule has 2 N–H and O–H groups in total. The molecule has 2 aromatic carbocycles. The number of hydrogen-bond acceptors (Lipinski definition) is 4. The number of carbonyl (C=O) groups is 1. The minimum absolute atomic E-state index is 0.0959. The SMILES string of the molecule is CC(C)N=C1C(=NN)c2ccccc2N(C=O)Cc2ccccc21. The Hall–Kier alpha value is -2.95. The molecule has 1 aliphatic heterocycles. The van der Waals surface area contributed by atoms with Crippen LogP contribution in [0.2, 0.25) is 0 Å². The van der Waals surface area contributed by atoms with Crippen LogP contribution in [0, 0.1) is 0 Å². The van der Waals surface area contributed by atoms with Crippen molar-refractivity contribution in [1.82, 2.24) is 0 Å². The second kappa shape index (κ2) is 6.66. The topological polar surface area (TPSA) is 71.0 Å². The highest BCUT2D eigenvalue weighted by Gasteiger charge is 2.25. The zero-order valence-corrected chi connectivity index (χ0v) is 13.8. The third-order valence-electron chi connectivity index (χ3n) is 3.95. The van der Waals surface area contributed by atoms with E-state index in [2.05, 4.69) is 5.10 Å². The normalized spacial score (nSPS) is 17.4. The number of nitrogens with zero attached hydrogens (tertiary/aromatic N) is 3. The Balaban J connectivity index is 2.33. The molecule has 0 saturated carbocycles. The molecule has 1 heterocycles. The fourth-order valence-electron chi connectivity index (χ4n) is 2.95. The van der Waals surface area contributed by atoms with E-state index in [1.54, 1.807) is 4.90 Å². The maximum atomic E-state index is 11.7. The highest BCUT2D eigenvalue weighted by molar-refractivity contribution is 6.54. The van der Waals surface area contributed by atoms with Crippen molar-refractivity contribution in [2.75, 3.05) is 4.90 Å². The summed E-state index contributed by atoms with van der Waals surface area (Å²) in [6.45, 7) is 4.52. The lowest BCUT2D eigenvalue weighted by Gasteiger charge is -2.27. The molecule has 122 valence electrons. The minimum atomic E-state index is 0.0959. The number of nitrogens with two attached hydrogens (primary N) is 1. The van der Waals surface area contributed by atoms with Crippen LogP contribution < -0.4 is 10.7 Å². The Bertz CT molecular complexity index is 824. The first-order valence-corrected chi connectivity index (χ1v) is 7.91. The number of rotatable bonds is 2. The van der Waals surface area contributed by atoms with Gasteiger partial charge in [0, 0.05) is 17.2 Å². The third kappa shape index (κ3) is 2.80. The van der Waals surface area contributed by atoms with Gasteiger partial charge in [0.15, 0.2) is 0 Å². The lowest BCUT2D eigenvalue weighted by molar-refractivity contribution is -0.107. The van der Waals surface area contributed by atoms with E-state index in [1.165, 1.54) is 0 Å². The van der Waals surface area contributed by atoms with E-state index >= 15 is 0 Å². The van der Waals surface area contributed by atoms with Crippen molar-refractivity contribution in [3.05, 3.63) is 65.2 Å². The second-order valence-corrected chi connectivity index (χ2v) is 5.96. The number of benzene rings is 2. The lowest BCUT2D eigenvalue weighted by atomic mass is 9.92. The molecule has 0 atom stereocenters. The second-order valence-electron chi connectivity index (χ2n) is 5.96. The van der Waals surface area contributed by atoms with Gasteiger partial charge in [0.05, 0.1) is 17.9 Å². The van der Waals surface area contributed by atoms with E-state index in [1.807, 2.05) is 62.4 Å². The molecule has 5 nitrogen and oxygen atoms in total. The molecule has 0 fully saturated rings. The van der Waals surface area contributed by atoms with Crippen molar-refractivity contribution >= 4 is 23.5 Å². The van der Waals surface area contributed by atoms with Crippen LogP contribution >= 0.6 is 0 Å². The zero-order valence-electron chi connectivity index (χ0n) is 13.8. The predicted molar refractivity (Wildman–Crippen MR) is 97.5 cm³/mol. The quantitative estimate of drug-likeness (QED) is 0.525. The molecule has 0 unspecified atom stereocenters. The monoisotopic (exact) mass is 320 g/mol. The van der Waals surface area contributed by atoms with Crippen molar-refractivity contribution < 1.29 is 4.79 Å². The van der Waals surface area contributed by atoms with Gasteiger partial charge in [0.25, 0.3) is 0 Å². The average molecular weight is 320 g/mol. The summed E-state index contributed by atoms with van der Waals surface area (Å²) in [6, 6.07) is 15.6. The minimum Gasteiger partial charge on any atom is -0.323 e. The van der Waals surface area contributed by atoms with E-state index in [0.29, 0.717) is 12.3 Å². The van der Waals surface area contributed by atoms with Gasteiger partial charge in [-0.25, -0.2) is 0 Å². The van der Waals surface area contributed by atoms with Gasteiger partial charge >= 0.3 is 0 Å². The first-order valence-electron chi connectivity index (χ1n) is 7.91. The Kier molecular flexibility index (Phi) is 4.42. The smallest absolute Gasteiger partial charge is 0.214 e. The Morgan fingerprint density at radius 3 is 2.38 bits per heavy atom. The number of hydrazone groups is 1. The summed E-state index contributed by atoms with van der Waals surface area (Å²) in [6.07, 6.45) is 0.842. The van der Waals surface area contributed by atoms with Gasteiger partial charge in [-0.15, -0.1) is 0 Å². The van der Waals surface area contributed by atoms with E-state index < -0.39 is 0 Å². The van der Waals surface area contributed by atoms with E-state index in [9.17, 15) is 4.79 Å². The molecule has 24 heavy (non-hydrogen) atoms. The molecule has 1 amide bonds. The summed E-state index contributed by atoms with van der Waals surface area (Å²) in [7, 11) is 0. The van der Waals surface area contributed by atoms with Crippen LogP contribution in [0.3, 0.4) is 0 Å². The van der Waals surface area contributed by atoms with Gasteiger partial charge in [0.2, 0.25) is 6.41 Å². The van der Waals surface area contributed by atoms with Crippen LogP contribution in [0.4, 0.5) is 5.69 Å². The molecule has 0 aromatic heterocycles. The lowest BCUT2D eigenvalue weighted by Crippen LogP contribution is -2.31. The molecule has 2 aromatic rings. The van der Waals surface area contributed by atoms with Gasteiger partial charge < -0.3 is 10.7 Å². The molecule has 0 radical (unpaired) electrons. The molecule has 0 saturated heterocycles. The first-order chi connectivity index (χ1) is 11.7. The standard InChI is InChI=1S/C19H20N4O/c1-13(2)21-18-15-8-4-3-7-14(15)11-23(12-24)17-10-6-5-9-16(17)19(18)22-20/h3-10,12-13H,11,20H2,1-2H3. The number of anilines is 1. The summed E-state index contributed by atoms with van der Waals surface area (Å²) in [4.78, 5) is 18.1. The van der Waals surface area contributed by atoms with Gasteiger partial charge in [-0.1, -0.05) is 42.5 Å². The van der Waals surface area contributed by atoms with Gasteiger partial charge in [-0.05, 0) is 25.5 Å². The largest absolute Gasteiger partial charge is 0.323 e.